The summed E-state index contributed by atoms with van der Waals surface area (Å²) in [4.78, 5) is 31.4. The minimum absolute atomic E-state index is 0.0225. The van der Waals surface area contributed by atoms with Gasteiger partial charge in [-0.05, 0) is 55.4 Å². The van der Waals surface area contributed by atoms with Crippen LogP contribution in [-0.4, -0.2) is 64.2 Å². The normalized spacial score (nSPS) is 18.4. The molecule has 4 N–H and O–H groups in total. The third-order valence-corrected chi connectivity index (χ3v) is 7.61. The molecule has 2 aromatic heterocycles. The van der Waals surface area contributed by atoms with Gasteiger partial charge in [-0.25, -0.2) is 17.9 Å². The Balaban J connectivity index is 1.44. The van der Waals surface area contributed by atoms with Crippen LogP contribution in [0.3, 0.4) is 0 Å². The highest BCUT2D eigenvalue weighted by atomic mass is 32.2. The Hall–Kier alpha value is -3.88. The van der Waals surface area contributed by atoms with Crippen molar-refractivity contribution in [3.63, 3.8) is 0 Å². The van der Waals surface area contributed by atoms with Gasteiger partial charge in [0, 0.05) is 24.3 Å². The summed E-state index contributed by atoms with van der Waals surface area (Å²) < 4.78 is 69.7. The molecule has 11 nitrogen and oxygen atoms in total. The van der Waals surface area contributed by atoms with Crippen LogP contribution in [0, 0.1) is 5.92 Å². The third-order valence-electron chi connectivity index (χ3n) is 7.02. The fraction of sp³-hybridized carbons (Fsp3) is 0.417. The molecule has 0 saturated heterocycles. The van der Waals surface area contributed by atoms with Crippen molar-refractivity contribution in [1.82, 2.24) is 24.8 Å². The number of halogens is 3. The van der Waals surface area contributed by atoms with Crippen LogP contribution in [0.25, 0.3) is 16.9 Å². The van der Waals surface area contributed by atoms with E-state index >= 15 is 0 Å². The lowest BCUT2D eigenvalue weighted by Gasteiger charge is -2.29. The Bertz CT molecular complexity index is 1650. The Morgan fingerprint density at radius 1 is 1.21 bits per heavy atom. The van der Waals surface area contributed by atoms with Gasteiger partial charge in [-0.15, -0.1) is 5.10 Å². The first kappa shape index (κ1) is 25.4. The molecule has 0 unspecified atom stereocenters. The summed E-state index contributed by atoms with van der Waals surface area (Å²) >= 11 is 0. The molecule has 1 atom stereocenters. The SMILES string of the molecule is CS(=O)(=O)Nc1cc(-c2ccn3nc(N)c(C(=O)NC4CC4)c3n2)cc2c1C(=O)N([C@@H](C1CC1)C(F)(F)F)C2. The van der Waals surface area contributed by atoms with E-state index in [1.807, 2.05) is 0 Å². The Labute approximate surface area is 220 Å². The average molecular weight is 564 g/mol. The van der Waals surface area contributed by atoms with Crippen LogP contribution >= 0.6 is 0 Å². The van der Waals surface area contributed by atoms with E-state index in [-0.39, 0.29) is 52.1 Å². The van der Waals surface area contributed by atoms with Gasteiger partial charge in [0.25, 0.3) is 11.8 Å². The highest BCUT2D eigenvalue weighted by molar-refractivity contribution is 7.92. The van der Waals surface area contributed by atoms with Gasteiger partial charge in [-0.2, -0.15) is 13.2 Å². The number of nitrogen functional groups attached to an aromatic ring is 1. The van der Waals surface area contributed by atoms with Crippen LogP contribution in [0.1, 0.15) is 52.0 Å². The molecule has 0 spiro atoms. The molecule has 0 bridgehead atoms. The molecule has 2 fully saturated rings. The van der Waals surface area contributed by atoms with Gasteiger partial charge in [0.15, 0.2) is 11.5 Å². The second kappa shape index (κ2) is 8.56. The van der Waals surface area contributed by atoms with Crippen molar-refractivity contribution in [2.24, 2.45) is 5.92 Å². The predicted molar refractivity (Wildman–Crippen MR) is 134 cm³/mol. The molecule has 2 aliphatic carbocycles. The average Bonchev–Trinajstić information content (AvgIpc) is 3.74. The second-order valence-corrected chi connectivity index (χ2v) is 12.0. The minimum atomic E-state index is -4.63. The van der Waals surface area contributed by atoms with Gasteiger partial charge in [-0.1, -0.05) is 0 Å². The number of carbonyl (C=O) groups is 2. The lowest BCUT2D eigenvalue weighted by atomic mass is 10.0. The number of anilines is 2. The van der Waals surface area contributed by atoms with Crippen molar-refractivity contribution in [3.8, 4) is 11.3 Å². The van der Waals surface area contributed by atoms with E-state index in [9.17, 15) is 31.2 Å². The van der Waals surface area contributed by atoms with Crippen molar-refractivity contribution in [2.45, 2.75) is 50.5 Å². The first-order chi connectivity index (χ1) is 18.3. The summed E-state index contributed by atoms with van der Waals surface area (Å²) in [5.41, 5.74) is 6.80. The summed E-state index contributed by atoms with van der Waals surface area (Å²) in [6, 6.07) is 2.52. The number of nitrogens with one attached hydrogen (secondary N) is 2. The van der Waals surface area contributed by atoms with E-state index in [2.05, 4.69) is 20.1 Å². The molecule has 39 heavy (non-hydrogen) atoms. The number of alkyl halides is 3. The zero-order valence-corrected chi connectivity index (χ0v) is 21.4. The smallest absolute Gasteiger partial charge is 0.381 e. The lowest BCUT2D eigenvalue weighted by molar-refractivity contribution is -0.182. The standard InChI is InChI=1S/C24H24F3N7O4S/c1-39(37,38)32-16-9-12(8-13-10-33(23(36)17(13)16)19(11-2-3-11)24(25,26)27)15-6-7-34-21(30-15)18(20(28)31-34)22(35)29-14-4-5-14/h6-9,11,14,19,32H,2-5,10H2,1H3,(H2,28,31)(H,29,35)/t19-/m0/s1. The van der Waals surface area contributed by atoms with E-state index in [1.54, 1.807) is 6.07 Å². The molecular formula is C24H24F3N7O4S. The number of rotatable bonds is 7. The van der Waals surface area contributed by atoms with Crippen LogP contribution in [-0.2, 0) is 16.6 Å². The lowest BCUT2D eigenvalue weighted by Crippen LogP contribution is -2.47. The minimum Gasteiger partial charge on any atom is -0.381 e. The number of hydrogen-bond acceptors (Lipinski definition) is 7. The first-order valence-electron chi connectivity index (χ1n) is 12.3. The number of aromatic nitrogens is 3. The predicted octanol–water partition coefficient (Wildman–Crippen LogP) is 2.54. The van der Waals surface area contributed by atoms with Crippen LogP contribution in [0.2, 0.25) is 0 Å². The number of hydrogen-bond donors (Lipinski definition) is 3. The summed E-state index contributed by atoms with van der Waals surface area (Å²) in [7, 11) is -3.89. The first-order valence-corrected chi connectivity index (χ1v) is 14.2. The molecule has 206 valence electrons. The third kappa shape index (κ3) is 4.75. The monoisotopic (exact) mass is 563 g/mol. The van der Waals surface area contributed by atoms with Gasteiger partial charge in [0.2, 0.25) is 10.0 Å². The molecule has 15 heteroatoms. The van der Waals surface area contributed by atoms with Gasteiger partial charge >= 0.3 is 6.18 Å². The van der Waals surface area contributed by atoms with Crippen molar-refractivity contribution in [2.75, 3.05) is 16.7 Å². The summed E-state index contributed by atoms with van der Waals surface area (Å²) in [5.74, 6) is -2.03. The summed E-state index contributed by atoms with van der Waals surface area (Å²) in [5, 5.41) is 6.97. The molecule has 1 aromatic carbocycles. The Morgan fingerprint density at radius 2 is 1.92 bits per heavy atom. The van der Waals surface area contributed by atoms with Gasteiger partial charge < -0.3 is 16.0 Å². The molecule has 3 aromatic rings. The molecule has 6 rings (SSSR count). The molecular weight excluding hydrogens is 539 g/mol. The number of sulfonamides is 1. The number of carbonyl (C=O) groups excluding carboxylic acids is 2. The van der Waals surface area contributed by atoms with Crippen molar-refractivity contribution in [3.05, 3.63) is 41.1 Å². The quantitative estimate of drug-likeness (QED) is 0.400. The van der Waals surface area contributed by atoms with E-state index in [4.69, 9.17) is 5.73 Å². The van der Waals surface area contributed by atoms with Gasteiger partial charge in [0.1, 0.15) is 11.6 Å². The van der Waals surface area contributed by atoms with Crippen molar-refractivity contribution in [1.29, 1.82) is 0 Å². The molecule has 2 saturated carbocycles. The zero-order valence-electron chi connectivity index (χ0n) is 20.6. The zero-order chi connectivity index (χ0) is 27.9. The molecule has 0 radical (unpaired) electrons. The topological polar surface area (TPSA) is 152 Å². The van der Waals surface area contributed by atoms with E-state index < -0.39 is 40.0 Å². The highest BCUT2D eigenvalue weighted by Crippen LogP contribution is 2.46. The van der Waals surface area contributed by atoms with Crippen LogP contribution < -0.4 is 15.8 Å². The van der Waals surface area contributed by atoms with E-state index in [0.29, 0.717) is 18.4 Å². The largest absolute Gasteiger partial charge is 0.409 e. The molecule has 3 aliphatic rings. The Kier molecular flexibility index (Phi) is 5.58. The summed E-state index contributed by atoms with van der Waals surface area (Å²) in [6.07, 6.45) is 0.219. The number of benzene rings is 1. The van der Waals surface area contributed by atoms with E-state index in [1.165, 1.54) is 22.8 Å². The number of fused-ring (bicyclic) bond motifs is 2. The van der Waals surface area contributed by atoms with Crippen LogP contribution in [0.4, 0.5) is 24.7 Å². The van der Waals surface area contributed by atoms with Gasteiger partial charge in [-0.3, -0.25) is 14.3 Å². The summed E-state index contributed by atoms with van der Waals surface area (Å²) in [6.45, 7) is -0.335. The van der Waals surface area contributed by atoms with E-state index in [0.717, 1.165) is 24.0 Å². The number of nitrogens with two attached hydrogens (primary N) is 1. The second-order valence-electron chi connectivity index (χ2n) is 10.3. The fourth-order valence-corrected chi connectivity index (χ4v) is 5.61. The fourth-order valence-electron chi connectivity index (χ4n) is 5.05. The molecule has 2 amide bonds. The molecule has 1 aliphatic heterocycles. The maximum absolute atomic E-state index is 13.9. The molecule has 3 heterocycles. The van der Waals surface area contributed by atoms with Crippen molar-refractivity contribution < 1.29 is 31.2 Å². The maximum Gasteiger partial charge on any atom is 0.409 e. The Morgan fingerprint density at radius 3 is 2.54 bits per heavy atom. The van der Waals surface area contributed by atoms with Gasteiger partial charge in [0.05, 0.1) is 23.2 Å². The highest BCUT2D eigenvalue weighted by Gasteiger charge is 2.55. The van der Waals surface area contributed by atoms with Crippen LogP contribution in [0.5, 0.6) is 0 Å². The van der Waals surface area contributed by atoms with Crippen molar-refractivity contribution >= 4 is 39.0 Å². The number of amides is 2. The number of nitrogens with zero attached hydrogens (tertiary/aromatic N) is 4. The van der Waals surface area contributed by atoms with Crippen LogP contribution in [0.15, 0.2) is 24.4 Å². The maximum atomic E-state index is 13.9.